The summed E-state index contributed by atoms with van der Waals surface area (Å²) in [6.45, 7) is 1.29. The summed E-state index contributed by atoms with van der Waals surface area (Å²) in [5.41, 5.74) is 8.70. The number of nitrogens with one attached hydrogen (secondary N) is 1. The molecule has 5 rings (SSSR count). The van der Waals surface area contributed by atoms with Crippen LogP contribution in [-0.2, 0) is 24.1 Å². The maximum Gasteiger partial charge on any atom is 0.251 e. The largest absolute Gasteiger partial charge is 0.365 e. The number of primary amides is 1. The molecule has 1 atom stereocenters. The van der Waals surface area contributed by atoms with Crippen molar-refractivity contribution in [2.24, 2.45) is 11.7 Å². The van der Waals surface area contributed by atoms with E-state index in [1.807, 2.05) is 11.3 Å². The predicted octanol–water partition coefficient (Wildman–Crippen LogP) is 3.74. The molecule has 2 aliphatic carbocycles. The Bertz CT molecular complexity index is 928. The van der Waals surface area contributed by atoms with Crippen molar-refractivity contribution in [1.82, 2.24) is 4.90 Å². The zero-order valence-electron chi connectivity index (χ0n) is 15.8. The van der Waals surface area contributed by atoms with Gasteiger partial charge in [-0.3, -0.25) is 14.5 Å². The van der Waals surface area contributed by atoms with Crippen molar-refractivity contribution in [3.8, 4) is 0 Å². The van der Waals surface area contributed by atoms with Crippen molar-refractivity contribution in [2.75, 3.05) is 18.4 Å². The minimum absolute atomic E-state index is 0.0366. The van der Waals surface area contributed by atoms with Gasteiger partial charge in [-0.15, -0.1) is 22.7 Å². The number of carbonyl (C=O) groups excluding carboxylic acids is 2. The third-order valence-corrected chi connectivity index (χ3v) is 8.41. The number of nitrogens with zero attached hydrogens (tertiary/aromatic N) is 1. The third kappa shape index (κ3) is 3.29. The number of carbonyl (C=O) groups is 2. The molecule has 2 aromatic heterocycles. The number of aryl methyl sites for hydroxylation is 1. The first-order valence-electron chi connectivity index (χ1n) is 10.2. The number of anilines is 1. The second-order valence-corrected chi connectivity index (χ2v) is 10.2. The number of fused-ring (bicyclic) bond motifs is 2. The number of hydrogen-bond donors (Lipinski definition) is 2. The lowest BCUT2D eigenvalue weighted by Crippen LogP contribution is -2.41. The fourth-order valence-electron chi connectivity index (χ4n) is 4.80. The molecule has 1 aliphatic heterocycles. The predicted molar refractivity (Wildman–Crippen MR) is 113 cm³/mol. The molecule has 2 amide bonds. The average molecular weight is 416 g/mol. The number of hydrogen-bond acceptors (Lipinski definition) is 5. The number of rotatable bonds is 5. The van der Waals surface area contributed by atoms with Gasteiger partial charge in [0.1, 0.15) is 5.00 Å². The molecule has 148 valence electrons. The highest BCUT2D eigenvalue weighted by Gasteiger charge is 2.40. The summed E-state index contributed by atoms with van der Waals surface area (Å²) in [5.74, 6) is 0.216. The van der Waals surface area contributed by atoms with E-state index in [0.29, 0.717) is 29.1 Å². The van der Waals surface area contributed by atoms with Crippen LogP contribution in [0, 0.1) is 5.92 Å². The van der Waals surface area contributed by atoms with Gasteiger partial charge in [0.25, 0.3) is 5.91 Å². The highest BCUT2D eigenvalue weighted by molar-refractivity contribution is 7.17. The van der Waals surface area contributed by atoms with E-state index in [1.165, 1.54) is 28.2 Å². The summed E-state index contributed by atoms with van der Waals surface area (Å²) >= 11 is 3.38. The van der Waals surface area contributed by atoms with Gasteiger partial charge < -0.3 is 11.1 Å². The highest BCUT2D eigenvalue weighted by Crippen LogP contribution is 2.48. The van der Waals surface area contributed by atoms with Crippen molar-refractivity contribution in [1.29, 1.82) is 0 Å². The van der Waals surface area contributed by atoms with Crippen molar-refractivity contribution in [3.63, 3.8) is 0 Å². The van der Waals surface area contributed by atoms with E-state index in [0.717, 1.165) is 44.2 Å². The van der Waals surface area contributed by atoms with Gasteiger partial charge in [-0.25, -0.2) is 0 Å². The Labute approximate surface area is 172 Å². The molecule has 2 aromatic rings. The first-order chi connectivity index (χ1) is 13.6. The molecule has 0 saturated heterocycles. The van der Waals surface area contributed by atoms with Gasteiger partial charge in [0.15, 0.2) is 0 Å². The molecule has 3 N–H and O–H groups in total. The number of nitrogens with two attached hydrogens (primary N) is 1. The van der Waals surface area contributed by atoms with E-state index in [-0.39, 0.29) is 5.91 Å². The zero-order valence-corrected chi connectivity index (χ0v) is 17.5. The molecule has 28 heavy (non-hydrogen) atoms. The van der Waals surface area contributed by atoms with Crippen LogP contribution in [0.2, 0.25) is 0 Å². The summed E-state index contributed by atoms with van der Waals surface area (Å²) in [7, 11) is 0. The Morgan fingerprint density at radius 1 is 1.18 bits per heavy atom. The second kappa shape index (κ2) is 7.28. The quantitative estimate of drug-likeness (QED) is 0.781. The fourth-order valence-corrected chi connectivity index (χ4v) is 7.03. The summed E-state index contributed by atoms with van der Waals surface area (Å²) in [6, 6.07) is 2.61. The molecule has 5 nitrogen and oxygen atoms in total. The Morgan fingerprint density at radius 2 is 2.00 bits per heavy atom. The van der Waals surface area contributed by atoms with Crippen LogP contribution in [0.1, 0.15) is 63.0 Å². The first-order valence-corrected chi connectivity index (χ1v) is 11.9. The Balaban J connectivity index is 1.34. The van der Waals surface area contributed by atoms with Crippen LogP contribution in [0.4, 0.5) is 5.00 Å². The van der Waals surface area contributed by atoms with Crippen molar-refractivity contribution in [2.45, 2.75) is 51.0 Å². The molecule has 0 radical (unpaired) electrons. The summed E-state index contributed by atoms with van der Waals surface area (Å²) in [6.07, 6.45) is 7.60. The normalized spacial score (nSPS) is 21.8. The maximum absolute atomic E-state index is 12.9. The lowest BCUT2D eigenvalue weighted by Gasteiger charge is -2.35. The van der Waals surface area contributed by atoms with Gasteiger partial charge in [-0.2, -0.15) is 0 Å². The molecular formula is C21H25N3O2S2. The highest BCUT2D eigenvalue weighted by atomic mass is 32.1. The van der Waals surface area contributed by atoms with Crippen LogP contribution >= 0.6 is 22.7 Å². The monoisotopic (exact) mass is 415 g/mol. The van der Waals surface area contributed by atoms with Crippen molar-refractivity contribution < 1.29 is 9.59 Å². The molecule has 0 aromatic carbocycles. The van der Waals surface area contributed by atoms with E-state index < -0.39 is 5.91 Å². The summed E-state index contributed by atoms with van der Waals surface area (Å²) < 4.78 is 0. The minimum Gasteiger partial charge on any atom is -0.365 e. The van der Waals surface area contributed by atoms with Gasteiger partial charge in [0, 0.05) is 22.3 Å². The van der Waals surface area contributed by atoms with Crippen LogP contribution in [0.3, 0.4) is 0 Å². The van der Waals surface area contributed by atoms with Crippen LogP contribution in [-0.4, -0.2) is 29.8 Å². The molecule has 1 fully saturated rings. The molecule has 1 unspecified atom stereocenters. The van der Waals surface area contributed by atoms with E-state index in [1.54, 1.807) is 11.3 Å². The standard InChI is InChI=1S/C21H25N3O2S2/c22-20(26)18-13-3-1-2-4-16(13)28-21(18)23-17(25)11-24-9-7-15-14(8-10-27-15)19(24)12-5-6-12/h8,10,12,19H,1-7,9,11H2,(H2,22,26)(H,23,25). The summed E-state index contributed by atoms with van der Waals surface area (Å²) in [4.78, 5) is 30.0. The molecular weight excluding hydrogens is 390 g/mol. The van der Waals surface area contributed by atoms with Crippen molar-refractivity contribution >= 4 is 39.5 Å². The lowest BCUT2D eigenvalue weighted by atomic mass is 9.95. The first kappa shape index (κ1) is 18.3. The average Bonchev–Trinajstić information content (AvgIpc) is 3.26. The minimum atomic E-state index is -0.425. The molecule has 3 aliphatic rings. The number of amides is 2. The SMILES string of the molecule is NC(=O)c1c(NC(=O)CN2CCc3sccc3C2C2CC2)sc2c1CCCC2. The summed E-state index contributed by atoms with van der Waals surface area (Å²) in [5, 5.41) is 5.87. The van der Waals surface area contributed by atoms with Gasteiger partial charge >= 0.3 is 0 Å². The molecule has 0 spiro atoms. The fraction of sp³-hybridized carbons (Fsp3) is 0.524. The molecule has 3 heterocycles. The lowest BCUT2D eigenvalue weighted by molar-refractivity contribution is -0.118. The maximum atomic E-state index is 12.9. The van der Waals surface area contributed by atoms with E-state index >= 15 is 0 Å². The van der Waals surface area contributed by atoms with Crippen LogP contribution in [0.25, 0.3) is 0 Å². The number of thiophene rings is 2. The Kier molecular flexibility index (Phi) is 4.77. The molecule has 7 heteroatoms. The van der Waals surface area contributed by atoms with E-state index in [2.05, 4.69) is 21.7 Å². The van der Waals surface area contributed by atoms with E-state index in [9.17, 15) is 9.59 Å². The Hall–Kier alpha value is -1.70. The van der Waals surface area contributed by atoms with Gasteiger partial charge in [-0.1, -0.05) is 0 Å². The third-order valence-electron chi connectivity index (χ3n) is 6.20. The van der Waals surface area contributed by atoms with Gasteiger partial charge in [0.05, 0.1) is 12.1 Å². The van der Waals surface area contributed by atoms with Gasteiger partial charge in [0.2, 0.25) is 5.91 Å². The van der Waals surface area contributed by atoms with Gasteiger partial charge in [-0.05, 0) is 73.4 Å². The van der Waals surface area contributed by atoms with Crippen LogP contribution in [0.15, 0.2) is 11.4 Å². The van der Waals surface area contributed by atoms with E-state index in [4.69, 9.17) is 5.73 Å². The molecule has 0 bridgehead atoms. The zero-order chi connectivity index (χ0) is 19.3. The van der Waals surface area contributed by atoms with Crippen LogP contribution in [0.5, 0.6) is 0 Å². The second-order valence-electron chi connectivity index (χ2n) is 8.13. The smallest absolute Gasteiger partial charge is 0.251 e. The molecule has 1 saturated carbocycles. The Morgan fingerprint density at radius 3 is 2.79 bits per heavy atom. The van der Waals surface area contributed by atoms with Crippen molar-refractivity contribution in [3.05, 3.63) is 37.9 Å². The topological polar surface area (TPSA) is 75.4 Å². The van der Waals surface area contributed by atoms with Crippen LogP contribution < -0.4 is 11.1 Å².